The molecule has 108 valence electrons. The Kier molecular flexibility index (Phi) is 3.87. The van der Waals surface area contributed by atoms with Crippen molar-refractivity contribution in [2.75, 3.05) is 20.1 Å². The Balaban J connectivity index is 1.59. The first-order valence-electron chi connectivity index (χ1n) is 6.95. The van der Waals surface area contributed by atoms with Crippen molar-refractivity contribution in [3.8, 4) is 11.5 Å². The molecule has 0 bridgehead atoms. The summed E-state index contributed by atoms with van der Waals surface area (Å²) in [5, 5.41) is 11.5. The van der Waals surface area contributed by atoms with Gasteiger partial charge in [-0.1, -0.05) is 5.16 Å². The van der Waals surface area contributed by atoms with E-state index in [1.54, 1.807) is 11.3 Å². The summed E-state index contributed by atoms with van der Waals surface area (Å²) >= 11 is 1.64. The average Bonchev–Trinajstić information content (AvgIpc) is 3.12. The highest BCUT2D eigenvalue weighted by molar-refractivity contribution is 7.08. The number of nitrogens with zero attached hydrogens (tertiary/aromatic N) is 3. The zero-order chi connectivity index (χ0) is 14.0. The Hall–Kier alpha value is -1.24. The molecule has 3 rings (SSSR count). The summed E-state index contributed by atoms with van der Waals surface area (Å²) in [6.07, 6.45) is 2.30. The fourth-order valence-electron chi connectivity index (χ4n) is 2.48. The van der Waals surface area contributed by atoms with Crippen LogP contribution >= 0.6 is 11.3 Å². The van der Waals surface area contributed by atoms with E-state index in [1.165, 1.54) is 0 Å². The Morgan fingerprint density at radius 3 is 2.90 bits per heavy atom. The molecule has 6 heteroatoms. The van der Waals surface area contributed by atoms with Gasteiger partial charge in [0.2, 0.25) is 0 Å². The van der Waals surface area contributed by atoms with Crippen molar-refractivity contribution in [1.29, 1.82) is 0 Å². The van der Waals surface area contributed by atoms with Gasteiger partial charge in [0.1, 0.15) is 0 Å². The van der Waals surface area contributed by atoms with Crippen molar-refractivity contribution in [3.63, 3.8) is 0 Å². The van der Waals surface area contributed by atoms with Gasteiger partial charge in [0.15, 0.2) is 5.82 Å². The highest BCUT2D eigenvalue weighted by atomic mass is 32.1. The number of thiophene rings is 1. The minimum Gasteiger partial charge on any atom is -0.334 e. The summed E-state index contributed by atoms with van der Waals surface area (Å²) in [5.41, 5.74) is 1.28. The Bertz CT molecular complexity index is 543. The van der Waals surface area contributed by atoms with Crippen LogP contribution in [0.1, 0.15) is 25.6 Å². The zero-order valence-electron chi connectivity index (χ0n) is 11.9. The predicted molar refractivity (Wildman–Crippen MR) is 79.6 cm³/mol. The third-order valence-corrected chi connectivity index (χ3v) is 4.85. The van der Waals surface area contributed by atoms with E-state index < -0.39 is 0 Å². The van der Waals surface area contributed by atoms with Gasteiger partial charge in [-0.3, -0.25) is 4.90 Å². The summed E-state index contributed by atoms with van der Waals surface area (Å²) in [5.74, 6) is 1.40. The van der Waals surface area contributed by atoms with Gasteiger partial charge in [0.05, 0.1) is 12.1 Å². The standard InChI is InChI=1S/C14H20N4OS/c1-14(15-2)4-6-18(7-5-14)9-12-16-13(19-17-12)11-3-8-20-10-11/h3,8,10,15H,4-7,9H2,1-2H3. The normalized spacial score (nSPS) is 19.3. The highest BCUT2D eigenvalue weighted by Gasteiger charge is 2.28. The summed E-state index contributed by atoms with van der Waals surface area (Å²) in [4.78, 5) is 6.87. The SMILES string of the molecule is CNC1(C)CCN(Cc2noc(-c3ccsc3)n2)CC1. The topological polar surface area (TPSA) is 54.2 Å². The minimum absolute atomic E-state index is 0.273. The van der Waals surface area contributed by atoms with Crippen LogP contribution in [0.25, 0.3) is 11.5 Å². The Labute approximate surface area is 123 Å². The van der Waals surface area contributed by atoms with Gasteiger partial charge >= 0.3 is 0 Å². The Morgan fingerprint density at radius 1 is 1.45 bits per heavy atom. The molecular weight excluding hydrogens is 272 g/mol. The van der Waals surface area contributed by atoms with E-state index in [9.17, 15) is 0 Å². The van der Waals surface area contributed by atoms with E-state index in [4.69, 9.17) is 4.52 Å². The lowest BCUT2D eigenvalue weighted by Crippen LogP contribution is -2.49. The van der Waals surface area contributed by atoms with Crippen LogP contribution in [0.2, 0.25) is 0 Å². The second kappa shape index (κ2) is 5.63. The van der Waals surface area contributed by atoms with Gasteiger partial charge in [-0.05, 0) is 38.3 Å². The van der Waals surface area contributed by atoms with Crippen LogP contribution < -0.4 is 5.32 Å². The molecule has 0 saturated carbocycles. The second-order valence-electron chi connectivity index (χ2n) is 5.61. The second-order valence-corrected chi connectivity index (χ2v) is 6.39. The molecule has 0 aromatic carbocycles. The maximum atomic E-state index is 5.32. The molecule has 0 spiro atoms. The quantitative estimate of drug-likeness (QED) is 0.937. The third-order valence-electron chi connectivity index (χ3n) is 4.16. The van der Waals surface area contributed by atoms with Crippen molar-refractivity contribution in [2.45, 2.75) is 31.8 Å². The molecule has 1 fully saturated rings. The smallest absolute Gasteiger partial charge is 0.258 e. The molecule has 3 heterocycles. The van der Waals surface area contributed by atoms with Crippen LogP contribution in [0.3, 0.4) is 0 Å². The average molecular weight is 292 g/mol. The fourth-order valence-corrected chi connectivity index (χ4v) is 3.11. The van der Waals surface area contributed by atoms with Crippen molar-refractivity contribution in [2.24, 2.45) is 0 Å². The van der Waals surface area contributed by atoms with Crippen molar-refractivity contribution < 1.29 is 4.52 Å². The van der Waals surface area contributed by atoms with Crippen LogP contribution in [0, 0.1) is 0 Å². The number of rotatable bonds is 4. The molecule has 2 aromatic heterocycles. The van der Waals surface area contributed by atoms with Crippen LogP contribution in [0.15, 0.2) is 21.3 Å². The molecule has 0 amide bonds. The van der Waals surface area contributed by atoms with Crippen molar-refractivity contribution in [1.82, 2.24) is 20.4 Å². The number of hydrogen-bond acceptors (Lipinski definition) is 6. The van der Waals surface area contributed by atoms with Crippen molar-refractivity contribution in [3.05, 3.63) is 22.7 Å². The van der Waals surface area contributed by atoms with Crippen LogP contribution in [-0.2, 0) is 6.54 Å². The molecule has 1 saturated heterocycles. The predicted octanol–water partition coefficient (Wildman–Crippen LogP) is 2.37. The van der Waals surface area contributed by atoms with Gasteiger partial charge in [0, 0.05) is 24.0 Å². The molecule has 0 aliphatic carbocycles. The first-order valence-corrected chi connectivity index (χ1v) is 7.89. The van der Waals surface area contributed by atoms with Gasteiger partial charge in [-0.2, -0.15) is 16.3 Å². The lowest BCUT2D eigenvalue weighted by atomic mass is 9.90. The molecule has 0 radical (unpaired) electrons. The molecule has 1 aliphatic heterocycles. The largest absolute Gasteiger partial charge is 0.334 e. The van der Waals surface area contributed by atoms with E-state index in [0.29, 0.717) is 5.89 Å². The van der Waals surface area contributed by atoms with Gasteiger partial charge in [-0.15, -0.1) is 0 Å². The van der Waals surface area contributed by atoms with Crippen molar-refractivity contribution >= 4 is 11.3 Å². The van der Waals surface area contributed by atoms with E-state index in [1.807, 2.05) is 23.9 Å². The molecular formula is C14H20N4OS. The highest BCUT2D eigenvalue weighted by Crippen LogP contribution is 2.23. The first-order chi connectivity index (χ1) is 9.68. The zero-order valence-corrected chi connectivity index (χ0v) is 12.7. The number of aromatic nitrogens is 2. The third kappa shape index (κ3) is 2.92. The number of hydrogen-bond donors (Lipinski definition) is 1. The van der Waals surface area contributed by atoms with E-state index in [0.717, 1.165) is 43.9 Å². The van der Waals surface area contributed by atoms with E-state index >= 15 is 0 Å². The lowest BCUT2D eigenvalue weighted by molar-refractivity contribution is 0.142. The summed E-state index contributed by atoms with van der Waals surface area (Å²) < 4.78 is 5.32. The Morgan fingerprint density at radius 2 is 2.25 bits per heavy atom. The lowest BCUT2D eigenvalue weighted by Gasteiger charge is -2.38. The van der Waals surface area contributed by atoms with E-state index in [2.05, 4.69) is 27.3 Å². The fraction of sp³-hybridized carbons (Fsp3) is 0.571. The number of nitrogens with one attached hydrogen (secondary N) is 1. The maximum Gasteiger partial charge on any atom is 0.258 e. The van der Waals surface area contributed by atoms with Crippen LogP contribution in [-0.4, -0.2) is 40.7 Å². The molecule has 2 aromatic rings. The van der Waals surface area contributed by atoms with Gasteiger partial charge in [0.25, 0.3) is 5.89 Å². The number of piperidine rings is 1. The van der Waals surface area contributed by atoms with Crippen LogP contribution in [0.5, 0.6) is 0 Å². The molecule has 1 N–H and O–H groups in total. The minimum atomic E-state index is 0.273. The van der Waals surface area contributed by atoms with E-state index in [-0.39, 0.29) is 5.54 Å². The summed E-state index contributed by atoms with van der Waals surface area (Å²) in [6, 6.07) is 2.00. The van der Waals surface area contributed by atoms with Crippen LogP contribution in [0.4, 0.5) is 0 Å². The molecule has 20 heavy (non-hydrogen) atoms. The first kappa shape index (κ1) is 13.7. The molecule has 5 nitrogen and oxygen atoms in total. The monoisotopic (exact) mass is 292 g/mol. The van der Waals surface area contributed by atoms with Gasteiger partial charge in [-0.25, -0.2) is 0 Å². The van der Waals surface area contributed by atoms with Gasteiger partial charge < -0.3 is 9.84 Å². The molecule has 1 aliphatic rings. The summed E-state index contributed by atoms with van der Waals surface area (Å²) in [6.45, 7) is 5.19. The summed E-state index contributed by atoms with van der Waals surface area (Å²) in [7, 11) is 2.04. The number of likely N-dealkylation sites (tertiary alicyclic amines) is 1. The molecule has 0 atom stereocenters. The maximum absolute atomic E-state index is 5.32. The molecule has 0 unspecified atom stereocenters.